The minimum Gasteiger partial charge on any atom is -0.486 e. The smallest absolute Gasteiger partial charge is 0.416 e. The van der Waals surface area contributed by atoms with Gasteiger partial charge in [0.05, 0.1) is 28.4 Å². The van der Waals surface area contributed by atoms with Crippen LogP contribution in [0.1, 0.15) is 16.8 Å². The van der Waals surface area contributed by atoms with Gasteiger partial charge in [-0.25, -0.2) is 4.68 Å². The largest absolute Gasteiger partial charge is 0.486 e. The van der Waals surface area contributed by atoms with Crippen molar-refractivity contribution in [3.8, 4) is 11.8 Å². The van der Waals surface area contributed by atoms with E-state index in [0.29, 0.717) is 5.69 Å². The van der Waals surface area contributed by atoms with Gasteiger partial charge in [-0.05, 0) is 19.1 Å². The van der Waals surface area contributed by atoms with E-state index in [1.165, 1.54) is 7.11 Å². The van der Waals surface area contributed by atoms with E-state index in [-0.39, 0.29) is 27.1 Å². The summed E-state index contributed by atoms with van der Waals surface area (Å²) < 4.78 is 44.3. The summed E-state index contributed by atoms with van der Waals surface area (Å²) in [7, 11) is 1.35. The van der Waals surface area contributed by atoms with Gasteiger partial charge in [0.25, 0.3) is 0 Å². The molecule has 1 aromatic carbocycles. The van der Waals surface area contributed by atoms with Crippen LogP contribution in [0.4, 0.5) is 19.0 Å². The Bertz CT molecular complexity index is 830. The zero-order chi connectivity index (χ0) is 18.1. The highest BCUT2D eigenvalue weighted by Gasteiger charge is 2.32. The molecule has 0 unspecified atom stereocenters. The Hall–Kier alpha value is -2.24. The zero-order valence-electron chi connectivity index (χ0n) is 12.3. The van der Waals surface area contributed by atoms with Gasteiger partial charge in [-0.2, -0.15) is 28.5 Å². The van der Waals surface area contributed by atoms with Crippen LogP contribution in [0.5, 0.6) is 0 Å². The van der Waals surface area contributed by atoms with Gasteiger partial charge in [-0.1, -0.05) is 23.2 Å². The summed E-state index contributed by atoms with van der Waals surface area (Å²) in [4.78, 5) is 3.94. The molecule has 2 rings (SSSR count). The van der Waals surface area contributed by atoms with Gasteiger partial charge in [0.1, 0.15) is 17.3 Å². The first-order chi connectivity index (χ1) is 11.2. The van der Waals surface area contributed by atoms with Gasteiger partial charge in [0.2, 0.25) is 0 Å². The maximum Gasteiger partial charge on any atom is 0.416 e. The number of methoxy groups -OCH3 is 1. The van der Waals surface area contributed by atoms with Crippen molar-refractivity contribution < 1.29 is 17.9 Å². The molecule has 0 aliphatic heterocycles. The van der Waals surface area contributed by atoms with Crippen molar-refractivity contribution in [3.63, 3.8) is 0 Å². The molecule has 0 radical (unpaired) electrons. The van der Waals surface area contributed by atoms with Crippen LogP contribution < -0.4 is 0 Å². The first-order valence-electron chi connectivity index (χ1n) is 6.32. The van der Waals surface area contributed by atoms with Crippen LogP contribution in [0.2, 0.25) is 10.0 Å². The number of benzene rings is 1. The number of nitriles is 1. The minimum absolute atomic E-state index is 0.0146. The van der Waals surface area contributed by atoms with Gasteiger partial charge in [-0.15, -0.1) is 0 Å². The number of rotatable bonds is 3. The van der Waals surface area contributed by atoms with Crippen molar-refractivity contribution in [2.24, 2.45) is 4.99 Å². The molecular weight excluding hydrogens is 368 g/mol. The summed E-state index contributed by atoms with van der Waals surface area (Å²) >= 11 is 11.9. The molecule has 0 atom stereocenters. The molecule has 0 bridgehead atoms. The molecular formula is C14H9Cl2F3N4O. The van der Waals surface area contributed by atoms with Crippen LogP contribution in [-0.2, 0) is 10.9 Å². The van der Waals surface area contributed by atoms with Crippen LogP contribution in [0, 0.1) is 18.3 Å². The fraction of sp³-hybridized carbons (Fsp3) is 0.214. The second-order valence-corrected chi connectivity index (χ2v) is 5.38. The normalized spacial score (nSPS) is 11.8. The molecule has 0 aliphatic rings. The highest BCUT2D eigenvalue weighted by Crippen LogP contribution is 2.39. The molecule has 0 aliphatic carbocycles. The second-order valence-electron chi connectivity index (χ2n) is 4.56. The Labute approximate surface area is 144 Å². The second kappa shape index (κ2) is 6.71. The fourth-order valence-electron chi connectivity index (χ4n) is 1.96. The van der Waals surface area contributed by atoms with E-state index in [2.05, 4.69) is 10.1 Å². The number of hydrogen-bond donors (Lipinski definition) is 0. The van der Waals surface area contributed by atoms with E-state index < -0.39 is 11.7 Å². The number of hydrogen-bond acceptors (Lipinski definition) is 4. The molecule has 126 valence electrons. The predicted molar refractivity (Wildman–Crippen MR) is 83.2 cm³/mol. The van der Waals surface area contributed by atoms with Crippen LogP contribution in [0.3, 0.4) is 0 Å². The number of aliphatic imine (C=N–C) groups is 1. The lowest BCUT2D eigenvalue weighted by Gasteiger charge is -2.13. The predicted octanol–water partition coefficient (Wildman–Crippen LogP) is 4.68. The van der Waals surface area contributed by atoms with Crippen LogP contribution >= 0.6 is 23.2 Å². The van der Waals surface area contributed by atoms with Crippen molar-refractivity contribution in [1.29, 1.82) is 5.26 Å². The van der Waals surface area contributed by atoms with Crippen molar-refractivity contribution in [1.82, 2.24) is 9.78 Å². The lowest BCUT2D eigenvalue weighted by atomic mass is 10.2. The number of aromatic nitrogens is 2. The summed E-state index contributed by atoms with van der Waals surface area (Å²) in [5, 5.41) is 12.7. The summed E-state index contributed by atoms with van der Waals surface area (Å²) in [6, 6.07) is 3.38. The quantitative estimate of drug-likeness (QED) is 0.576. The highest BCUT2D eigenvalue weighted by atomic mass is 35.5. The fourth-order valence-corrected chi connectivity index (χ4v) is 2.60. The minimum atomic E-state index is -4.60. The van der Waals surface area contributed by atoms with Gasteiger partial charge >= 0.3 is 6.18 Å². The molecule has 1 heterocycles. The Morgan fingerprint density at radius 3 is 2.38 bits per heavy atom. The van der Waals surface area contributed by atoms with Crippen LogP contribution in [0.15, 0.2) is 17.1 Å². The zero-order valence-corrected chi connectivity index (χ0v) is 13.8. The topological polar surface area (TPSA) is 63.2 Å². The molecule has 0 spiro atoms. The highest BCUT2D eigenvalue weighted by molar-refractivity contribution is 6.38. The summed E-state index contributed by atoms with van der Waals surface area (Å²) in [6.07, 6.45) is -3.54. The van der Waals surface area contributed by atoms with Gasteiger partial charge in [-0.3, -0.25) is 0 Å². The van der Waals surface area contributed by atoms with E-state index in [4.69, 9.17) is 27.9 Å². The number of aryl methyl sites for hydroxylation is 1. The summed E-state index contributed by atoms with van der Waals surface area (Å²) in [6.45, 7) is 1.55. The number of nitrogens with zero attached hydrogens (tertiary/aromatic N) is 4. The van der Waals surface area contributed by atoms with Crippen LogP contribution in [-0.4, -0.2) is 23.3 Å². The molecule has 0 saturated carbocycles. The third-order valence-corrected chi connectivity index (χ3v) is 3.56. The molecule has 0 amide bonds. The lowest BCUT2D eigenvalue weighted by Crippen LogP contribution is -2.07. The van der Waals surface area contributed by atoms with Gasteiger partial charge < -0.3 is 4.74 Å². The summed E-state index contributed by atoms with van der Waals surface area (Å²) in [5.74, 6) is 0.0420. The molecule has 0 saturated heterocycles. The molecule has 2 aromatic rings. The van der Waals surface area contributed by atoms with Crippen molar-refractivity contribution in [3.05, 3.63) is 39.0 Å². The third kappa shape index (κ3) is 3.32. The first-order valence-corrected chi connectivity index (χ1v) is 7.08. The average Bonchev–Trinajstić information content (AvgIpc) is 2.79. The Kier molecular flexibility index (Phi) is 5.06. The molecule has 10 heteroatoms. The van der Waals surface area contributed by atoms with Gasteiger partial charge in [0, 0.05) is 0 Å². The summed E-state index contributed by atoms with van der Waals surface area (Å²) in [5.41, 5.74) is -0.574. The van der Waals surface area contributed by atoms with Crippen molar-refractivity contribution >= 4 is 35.4 Å². The third-order valence-electron chi connectivity index (χ3n) is 2.98. The van der Waals surface area contributed by atoms with E-state index in [0.717, 1.165) is 23.2 Å². The van der Waals surface area contributed by atoms with E-state index >= 15 is 0 Å². The maximum absolute atomic E-state index is 12.8. The Balaban J connectivity index is 2.74. The Morgan fingerprint density at radius 1 is 1.33 bits per heavy atom. The van der Waals surface area contributed by atoms with E-state index in [9.17, 15) is 18.4 Å². The number of ether oxygens (including phenoxy) is 1. The van der Waals surface area contributed by atoms with Crippen molar-refractivity contribution in [2.75, 3.05) is 7.11 Å². The monoisotopic (exact) mass is 376 g/mol. The molecule has 0 fully saturated rings. The number of alkyl halides is 3. The standard InChI is InChI=1S/C14H9Cl2F3N4O/c1-7-9(5-20)13(21-6-24-2)23(22-7)12-10(15)3-8(4-11(12)16)14(17,18)19/h3-4,6H,1-2H3/b21-6+. The molecule has 1 aromatic heterocycles. The Morgan fingerprint density at radius 2 is 1.92 bits per heavy atom. The molecule has 24 heavy (non-hydrogen) atoms. The van der Waals surface area contributed by atoms with Crippen molar-refractivity contribution in [2.45, 2.75) is 13.1 Å². The lowest BCUT2D eigenvalue weighted by molar-refractivity contribution is -0.137. The molecule has 0 N–H and O–H groups in total. The maximum atomic E-state index is 12.8. The number of halogens is 5. The van der Waals surface area contributed by atoms with Gasteiger partial charge in [0.15, 0.2) is 12.2 Å². The average molecular weight is 377 g/mol. The van der Waals surface area contributed by atoms with Crippen LogP contribution in [0.25, 0.3) is 5.69 Å². The first kappa shape index (κ1) is 18.1. The van der Waals surface area contributed by atoms with E-state index in [1.807, 2.05) is 6.07 Å². The van der Waals surface area contributed by atoms with E-state index in [1.54, 1.807) is 6.92 Å². The SMILES string of the molecule is CO/C=N/c1c(C#N)c(C)nn1-c1c(Cl)cc(C(F)(F)F)cc1Cl. The molecule has 5 nitrogen and oxygen atoms in total.